The van der Waals surface area contributed by atoms with E-state index in [4.69, 9.17) is 14.2 Å². The summed E-state index contributed by atoms with van der Waals surface area (Å²) in [6.07, 6.45) is 1.36. The van der Waals surface area contributed by atoms with Gasteiger partial charge in [-0.1, -0.05) is 24.3 Å². The summed E-state index contributed by atoms with van der Waals surface area (Å²) in [5.74, 6) is -0.375. The minimum Gasteiger partial charge on any atom is -0.497 e. The van der Waals surface area contributed by atoms with Gasteiger partial charge in [0.25, 0.3) is 5.91 Å². The third-order valence-corrected chi connectivity index (χ3v) is 3.46. The highest BCUT2D eigenvalue weighted by Gasteiger charge is 2.14. The lowest BCUT2D eigenvalue weighted by Gasteiger charge is -2.10. The van der Waals surface area contributed by atoms with Crippen LogP contribution in [0.4, 0.5) is 5.69 Å². The maximum atomic E-state index is 12.1. The van der Waals surface area contributed by atoms with Crippen molar-refractivity contribution in [1.82, 2.24) is 0 Å². The first-order valence-electron chi connectivity index (χ1n) is 7.93. The number of nitriles is 1. The van der Waals surface area contributed by atoms with E-state index >= 15 is 0 Å². The van der Waals surface area contributed by atoms with Gasteiger partial charge in [0.1, 0.15) is 23.1 Å². The molecule has 2 aromatic rings. The van der Waals surface area contributed by atoms with Crippen LogP contribution in [0.3, 0.4) is 0 Å². The highest BCUT2D eigenvalue weighted by Crippen LogP contribution is 2.22. The average Bonchev–Trinajstić information content (AvgIpc) is 2.70. The molecule has 2 rings (SSSR count). The molecular weight excluding hydrogens is 348 g/mol. The predicted octanol–water partition coefficient (Wildman–Crippen LogP) is 2.79. The first-order valence-corrected chi connectivity index (χ1v) is 7.93. The zero-order valence-electron chi connectivity index (χ0n) is 14.9. The normalized spacial score (nSPS) is 10.5. The smallest absolute Gasteiger partial charge is 0.349 e. The Labute approximate surface area is 156 Å². The van der Waals surface area contributed by atoms with E-state index in [9.17, 15) is 14.9 Å². The molecular formula is C20H18N2O5. The molecule has 1 amide bonds. The lowest BCUT2D eigenvalue weighted by Crippen LogP contribution is -2.21. The van der Waals surface area contributed by atoms with Crippen molar-refractivity contribution in [3.8, 4) is 17.6 Å². The summed E-state index contributed by atoms with van der Waals surface area (Å²) in [6.45, 7) is -0.534. The molecule has 0 radical (unpaired) electrons. The predicted molar refractivity (Wildman–Crippen MR) is 99.2 cm³/mol. The van der Waals surface area contributed by atoms with Gasteiger partial charge in [-0.15, -0.1) is 0 Å². The van der Waals surface area contributed by atoms with E-state index in [0.717, 1.165) is 0 Å². The lowest BCUT2D eigenvalue weighted by molar-refractivity contribution is -0.142. The molecule has 0 saturated heterocycles. The molecule has 0 aliphatic carbocycles. The standard InChI is InChI=1S/C20H18N2O5/c1-25-16-7-5-6-14(11-16)10-15(12-21)20(24)27-13-19(23)22-17-8-3-4-9-18(17)26-2/h3-11H,13H2,1-2H3,(H,22,23)/b15-10+. The number of carbonyl (C=O) groups excluding carboxylic acids is 2. The van der Waals surface area contributed by atoms with Crippen molar-refractivity contribution >= 4 is 23.6 Å². The fourth-order valence-corrected chi connectivity index (χ4v) is 2.18. The molecule has 0 spiro atoms. The van der Waals surface area contributed by atoms with Crippen LogP contribution < -0.4 is 14.8 Å². The molecule has 27 heavy (non-hydrogen) atoms. The molecule has 0 heterocycles. The topological polar surface area (TPSA) is 97.6 Å². The molecule has 138 valence electrons. The number of ether oxygens (including phenoxy) is 3. The highest BCUT2D eigenvalue weighted by molar-refractivity contribution is 6.00. The van der Waals surface area contributed by atoms with Crippen molar-refractivity contribution < 1.29 is 23.8 Å². The van der Waals surface area contributed by atoms with Crippen LogP contribution in [0, 0.1) is 11.3 Å². The van der Waals surface area contributed by atoms with Crippen molar-refractivity contribution in [1.29, 1.82) is 5.26 Å². The zero-order valence-corrected chi connectivity index (χ0v) is 14.9. The first kappa shape index (κ1) is 19.5. The molecule has 7 heteroatoms. The summed E-state index contributed by atoms with van der Waals surface area (Å²) >= 11 is 0. The van der Waals surface area contributed by atoms with Crippen LogP contribution in [0.25, 0.3) is 6.08 Å². The number of carbonyl (C=O) groups is 2. The Morgan fingerprint density at radius 3 is 2.59 bits per heavy atom. The van der Waals surface area contributed by atoms with E-state index in [1.807, 2.05) is 0 Å². The zero-order chi connectivity index (χ0) is 19.6. The summed E-state index contributed by atoms with van der Waals surface area (Å²) in [4.78, 5) is 24.0. The van der Waals surface area contributed by atoms with Crippen molar-refractivity contribution in [3.05, 3.63) is 59.7 Å². The van der Waals surface area contributed by atoms with E-state index in [2.05, 4.69) is 5.32 Å². The fraction of sp³-hybridized carbons (Fsp3) is 0.150. The third kappa shape index (κ3) is 5.61. The molecule has 0 unspecified atom stereocenters. The first-order chi connectivity index (χ1) is 13.1. The number of para-hydroxylation sites is 2. The number of nitrogens with one attached hydrogen (secondary N) is 1. The Kier molecular flexibility index (Phi) is 6.97. The van der Waals surface area contributed by atoms with E-state index in [0.29, 0.717) is 22.7 Å². The minimum absolute atomic E-state index is 0.228. The van der Waals surface area contributed by atoms with Crippen molar-refractivity contribution in [3.63, 3.8) is 0 Å². The number of rotatable bonds is 7. The second kappa shape index (κ2) is 9.63. The van der Waals surface area contributed by atoms with Gasteiger partial charge in [0.05, 0.1) is 19.9 Å². The number of hydrogen-bond acceptors (Lipinski definition) is 6. The van der Waals surface area contributed by atoms with Gasteiger partial charge in [0.2, 0.25) is 0 Å². The molecule has 0 atom stereocenters. The van der Waals surface area contributed by atoms with Crippen LogP contribution in [0.15, 0.2) is 54.1 Å². The van der Waals surface area contributed by atoms with Crippen LogP contribution in [0.1, 0.15) is 5.56 Å². The number of esters is 1. The third-order valence-electron chi connectivity index (χ3n) is 3.46. The van der Waals surface area contributed by atoms with Crippen LogP contribution in [-0.4, -0.2) is 32.7 Å². The van der Waals surface area contributed by atoms with E-state index in [1.54, 1.807) is 54.6 Å². The molecule has 1 N–H and O–H groups in total. The number of methoxy groups -OCH3 is 2. The Morgan fingerprint density at radius 2 is 1.89 bits per heavy atom. The number of benzene rings is 2. The number of amides is 1. The second-order valence-corrected chi connectivity index (χ2v) is 5.27. The largest absolute Gasteiger partial charge is 0.497 e. The average molecular weight is 366 g/mol. The molecule has 2 aromatic carbocycles. The Morgan fingerprint density at radius 1 is 1.11 bits per heavy atom. The molecule has 0 saturated carbocycles. The maximum absolute atomic E-state index is 12.1. The number of hydrogen-bond donors (Lipinski definition) is 1. The van der Waals surface area contributed by atoms with Gasteiger partial charge in [-0.3, -0.25) is 4.79 Å². The van der Waals surface area contributed by atoms with Gasteiger partial charge in [0.15, 0.2) is 6.61 Å². The Bertz CT molecular complexity index is 899. The maximum Gasteiger partial charge on any atom is 0.349 e. The lowest BCUT2D eigenvalue weighted by atomic mass is 10.1. The van der Waals surface area contributed by atoms with Gasteiger partial charge in [-0.25, -0.2) is 4.79 Å². The van der Waals surface area contributed by atoms with E-state index in [1.165, 1.54) is 20.3 Å². The monoisotopic (exact) mass is 366 g/mol. The van der Waals surface area contributed by atoms with Gasteiger partial charge < -0.3 is 19.5 Å². The minimum atomic E-state index is -0.893. The molecule has 0 bridgehead atoms. The molecule has 0 aliphatic rings. The summed E-state index contributed by atoms with van der Waals surface area (Å²) < 4.78 is 15.1. The van der Waals surface area contributed by atoms with E-state index in [-0.39, 0.29) is 5.57 Å². The summed E-state index contributed by atoms with van der Waals surface area (Å²) in [5, 5.41) is 11.8. The molecule has 0 fully saturated rings. The number of anilines is 1. The van der Waals surface area contributed by atoms with E-state index < -0.39 is 18.5 Å². The summed E-state index contributed by atoms with van der Waals surface area (Å²) in [7, 11) is 3.00. The highest BCUT2D eigenvalue weighted by atomic mass is 16.5. The van der Waals surface area contributed by atoms with Crippen molar-refractivity contribution in [2.24, 2.45) is 0 Å². The second-order valence-electron chi connectivity index (χ2n) is 5.27. The van der Waals surface area contributed by atoms with Gasteiger partial charge in [-0.2, -0.15) is 5.26 Å². The number of nitrogens with zero attached hydrogens (tertiary/aromatic N) is 1. The molecule has 0 aromatic heterocycles. The molecule has 7 nitrogen and oxygen atoms in total. The van der Waals surface area contributed by atoms with Crippen molar-refractivity contribution in [2.75, 3.05) is 26.1 Å². The Hall–Kier alpha value is -3.79. The van der Waals surface area contributed by atoms with Gasteiger partial charge in [0, 0.05) is 0 Å². The quantitative estimate of drug-likeness (QED) is 0.460. The fourth-order valence-electron chi connectivity index (χ4n) is 2.18. The van der Waals surface area contributed by atoms with Crippen LogP contribution >= 0.6 is 0 Å². The van der Waals surface area contributed by atoms with Gasteiger partial charge >= 0.3 is 5.97 Å². The van der Waals surface area contributed by atoms with Crippen molar-refractivity contribution in [2.45, 2.75) is 0 Å². The van der Waals surface area contributed by atoms with Crippen LogP contribution in [-0.2, 0) is 14.3 Å². The van der Waals surface area contributed by atoms with Crippen LogP contribution in [0.5, 0.6) is 11.5 Å². The Balaban J connectivity index is 1.99. The summed E-state index contributed by atoms with van der Waals surface area (Å²) in [5.41, 5.74) is 0.822. The molecule has 0 aliphatic heterocycles. The van der Waals surface area contributed by atoms with Gasteiger partial charge in [-0.05, 0) is 35.9 Å². The van der Waals surface area contributed by atoms with Crippen LogP contribution in [0.2, 0.25) is 0 Å². The summed E-state index contributed by atoms with van der Waals surface area (Å²) in [6, 6.07) is 15.5. The SMILES string of the molecule is COc1cccc(/C=C(\C#N)C(=O)OCC(=O)Nc2ccccc2OC)c1.